The van der Waals surface area contributed by atoms with Gasteiger partial charge in [-0.1, -0.05) is 46.3 Å². The van der Waals surface area contributed by atoms with Gasteiger partial charge in [0, 0.05) is 4.47 Å². The summed E-state index contributed by atoms with van der Waals surface area (Å²) in [5.41, 5.74) is 0.195. The second-order valence-corrected chi connectivity index (χ2v) is 5.20. The van der Waals surface area contributed by atoms with Gasteiger partial charge in [-0.05, 0) is 23.8 Å². The Kier molecular flexibility index (Phi) is 4.70. The van der Waals surface area contributed by atoms with Gasteiger partial charge in [-0.2, -0.15) is 0 Å². The highest BCUT2D eigenvalue weighted by Crippen LogP contribution is 2.18. The minimum atomic E-state index is -1.24. The smallest absolute Gasteiger partial charge is 0.330 e. The number of rotatable bonds is 4. The number of hydrogen-bond donors (Lipinski definition) is 2. The minimum absolute atomic E-state index is 0.216. The van der Waals surface area contributed by atoms with Crippen LogP contribution in [0.25, 0.3) is 0 Å². The molecule has 1 atom stereocenters. The first-order valence-corrected chi connectivity index (χ1v) is 6.82. The van der Waals surface area contributed by atoms with Crippen LogP contribution in [0.15, 0.2) is 53.0 Å². The van der Waals surface area contributed by atoms with Crippen LogP contribution in [-0.2, 0) is 4.79 Å². The molecule has 0 bridgehead atoms. The number of aliphatic carboxylic acids is 1. The summed E-state index contributed by atoms with van der Waals surface area (Å²) in [4.78, 5) is 23.4. The molecule has 0 aliphatic rings. The van der Waals surface area contributed by atoms with Gasteiger partial charge in [0.25, 0.3) is 5.91 Å². The number of carboxylic acid groups (broad SMARTS) is 1. The van der Waals surface area contributed by atoms with Crippen LogP contribution in [0.2, 0.25) is 0 Å². The van der Waals surface area contributed by atoms with E-state index in [2.05, 4.69) is 21.2 Å². The van der Waals surface area contributed by atoms with Crippen molar-refractivity contribution < 1.29 is 19.1 Å². The fraction of sp³-hybridized carbons (Fsp3) is 0.0667. The van der Waals surface area contributed by atoms with Crippen LogP contribution in [-0.4, -0.2) is 17.0 Å². The first kappa shape index (κ1) is 15.2. The van der Waals surface area contributed by atoms with Crippen molar-refractivity contribution in [3.63, 3.8) is 0 Å². The number of nitrogens with one attached hydrogen (secondary N) is 1. The standard InChI is InChI=1S/C15H11BrFNO3/c16-10-6-7-12(17)11(8-10)14(19)18-13(15(20)21)9-4-2-1-3-5-9/h1-8,13H,(H,18,19)(H,20,21)/t13-/m1/s1. The Hall–Kier alpha value is -2.21. The maximum Gasteiger partial charge on any atom is 0.330 e. The minimum Gasteiger partial charge on any atom is -0.479 e. The summed E-state index contributed by atoms with van der Waals surface area (Å²) in [5.74, 6) is -2.72. The van der Waals surface area contributed by atoms with Gasteiger partial charge in [0.15, 0.2) is 6.04 Å². The van der Waals surface area contributed by atoms with Crippen molar-refractivity contribution in [3.05, 3.63) is 69.9 Å². The van der Waals surface area contributed by atoms with E-state index in [1.165, 1.54) is 12.1 Å². The lowest BCUT2D eigenvalue weighted by Gasteiger charge is -2.15. The molecule has 0 fully saturated rings. The van der Waals surface area contributed by atoms with Gasteiger partial charge in [0.05, 0.1) is 5.56 Å². The summed E-state index contributed by atoms with van der Waals surface area (Å²) < 4.78 is 14.2. The quantitative estimate of drug-likeness (QED) is 0.889. The molecule has 2 rings (SSSR count). The molecule has 0 aliphatic heterocycles. The molecule has 0 heterocycles. The Morgan fingerprint density at radius 2 is 1.81 bits per heavy atom. The van der Waals surface area contributed by atoms with E-state index in [1.807, 2.05) is 0 Å². The summed E-state index contributed by atoms with van der Waals surface area (Å²) in [7, 11) is 0. The van der Waals surface area contributed by atoms with E-state index in [4.69, 9.17) is 0 Å². The van der Waals surface area contributed by atoms with E-state index in [9.17, 15) is 19.1 Å². The van der Waals surface area contributed by atoms with Gasteiger partial charge >= 0.3 is 5.97 Å². The molecular weight excluding hydrogens is 341 g/mol. The molecule has 2 N–H and O–H groups in total. The Bertz CT molecular complexity index is 676. The van der Waals surface area contributed by atoms with Crippen LogP contribution in [0.1, 0.15) is 22.0 Å². The van der Waals surface area contributed by atoms with E-state index >= 15 is 0 Å². The molecule has 2 aromatic rings. The average molecular weight is 352 g/mol. The number of carbonyl (C=O) groups excluding carboxylic acids is 1. The Morgan fingerprint density at radius 3 is 2.43 bits per heavy atom. The van der Waals surface area contributed by atoms with Crippen molar-refractivity contribution in [3.8, 4) is 0 Å². The SMILES string of the molecule is O=C(N[C@@H](C(=O)O)c1ccccc1)c1cc(Br)ccc1F. The molecule has 21 heavy (non-hydrogen) atoms. The third-order valence-corrected chi connectivity index (χ3v) is 3.32. The molecule has 0 spiro atoms. The highest BCUT2D eigenvalue weighted by molar-refractivity contribution is 9.10. The zero-order valence-corrected chi connectivity index (χ0v) is 12.3. The predicted molar refractivity (Wildman–Crippen MR) is 78.4 cm³/mol. The Morgan fingerprint density at radius 1 is 1.14 bits per heavy atom. The van der Waals surface area contributed by atoms with Gasteiger partial charge in [-0.15, -0.1) is 0 Å². The molecule has 0 aromatic heterocycles. The van der Waals surface area contributed by atoms with E-state index in [1.54, 1.807) is 30.3 Å². The molecule has 2 aromatic carbocycles. The molecule has 0 radical (unpaired) electrons. The van der Waals surface area contributed by atoms with Gasteiger partial charge in [-0.3, -0.25) is 4.79 Å². The predicted octanol–water partition coefficient (Wildman–Crippen LogP) is 3.14. The first-order chi connectivity index (χ1) is 9.99. The summed E-state index contributed by atoms with van der Waals surface area (Å²) >= 11 is 3.14. The van der Waals surface area contributed by atoms with Crippen molar-refractivity contribution in [1.29, 1.82) is 0 Å². The van der Waals surface area contributed by atoms with Crippen LogP contribution >= 0.6 is 15.9 Å². The lowest BCUT2D eigenvalue weighted by molar-refractivity contribution is -0.139. The number of halogens is 2. The molecule has 6 heteroatoms. The maximum absolute atomic E-state index is 13.6. The van der Waals surface area contributed by atoms with Crippen LogP contribution in [0, 0.1) is 5.82 Å². The molecule has 4 nitrogen and oxygen atoms in total. The molecular formula is C15H11BrFNO3. The summed E-state index contributed by atoms with van der Waals surface area (Å²) in [6, 6.07) is 10.9. The van der Waals surface area contributed by atoms with Crippen LogP contribution in [0.4, 0.5) is 4.39 Å². The molecule has 0 unspecified atom stereocenters. The number of amides is 1. The van der Waals surface area contributed by atoms with E-state index in [0.29, 0.717) is 10.0 Å². The zero-order chi connectivity index (χ0) is 15.4. The number of carbonyl (C=O) groups is 2. The third-order valence-electron chi connectivity index (χ3n) is 2.83. The van der Waals surface area contributed by atoms with E-state index in [0.717, 1.165) is 6.07 Å². The molecule has 108 valence electrons. The van der Waals surface area contributed by atoms with Crippen LogP contribution < -0.4 is 5.32 Å². The van der Waals surface area contributed by atoms with Crippen molar-refractivity contribution in [2.24, 2.45) is 0 Å². The molecule has 0 aliphatic carbocycles. The normalized spacial score (nSPS) is 11.7. The Balaban J connectivity index is 2.27. The van der Waals surface area contributed by atoms with Crippen LogP contribution in [0.5, 0.6) is 0 Å². The summed E-state index contributed by atoms with van der Waals surface area (Å²) in [6.45, 7) is 0. The third kappa shape index (κ3) is 3.66. The monoisotopic (exact) mass is 351 g/mol. The second-order valence-electron chi connectivity index (χ2n) is 4.28. The molecule has 1 amide bonds. The largest absolute Gasteiger partial charge is 0.479 e. The lowest BCUT2D eigenvalue weighted by Crippen LogP contribution is -2.34. The van der Waals surface area contributed by atoms with E-state index in [-0.39, 0.29) is 5.56 Å². The van der Waals surface area contributed by atoms with E-state index < -0.39 is 23.7 Å². The lowest BCUT2D eigenvalue weighted by atomic mass is 10.1. The topological polar surface area (TPSA) is 66.4 Å². The second kappa shape index (κ2) is 6.49. The van der Waals surface area contributed by atoms with Crippen molar-refractivity contribution in [1.82, 2.24) is 5.32 Å². The van der Waals surface area contributed by atoms with Gasteiger partial charge in [0.1, 0.15) is 5.82 Å². The average Bonchev–Trinajstić information content (AvgIpc) is 2.47. The number of benzene rings is 2. The number of hydrogen-bond acceptors (Lipinski definition) is 2. The highest BCUT2D eigenvalue weighted by atomic mass is 79.9. The fourth-order valence-corrected chi connectivity index (χ4v) is 2.17. The first-order valence-electron chi connectivity index (χ1n) is 6.02. The van der Waals surface area contributed by atoms with Crippen molar-refractivity contribution in [2.75, 3.05) is 0 Å². The van der Waals surface area contributed by atoms with Crippen molar-refractivity contribution in [2.45, 2.75) is 6.04 Å². The fourth-order valence-electron chi connectivity index (χ4n) is 1.81. The van der Waals surface area contributed by atoms with Gasteiger partial charge in [0.2, 0.25) is 0 Å². The Labute approximate surface area is 128 Å². The summed E-state index contributed by atoms with van der Waals surface area (Å²) in [6.07, 6.45) is 0. The van der Waals surface area contributed by atoms with Crippen molar-refractivity contribution >= 4 is 27.8 Å². The highest BCUT2D eigenvalue weighted by Gasteiger charge is 2.23. The zero-order valence-electron chi connectivity index (χ0n) is 10.7. The van der Waals surface area contributed by atoms with Crippen LogP contribution in [0.3, 0.4) is 0 Å². The molecule has 0 saturated carbocycles. The maximum atomic E-state index is 13.6. The van der Waals surface area contributed by atoms with Gasteiger partial charge in [-0.25, -0.2) is 9.18 Å². The number of carboxylic acids is 1. The summed E-state index contributed by atoms with van der Waals surface area (Å²) in [5, 5.41) is 11.5. The molecule has 0 saturated heterocycles. The van der Waals surface area contributed by atoms with Gasteiger partial charge < -0.3 is 10.4 Å².